The Bertz CT molecular complexity index is 264. The zero-order chi connectivity index (χ0) is 11.1. The van der Waals surface area contributed by atoms with Gasteiger partial charge >= 0.3 is 0 Å². The van der Waals surface area contributed by atoms with Gasteiger partial charge in [-0.25, -0.2) is 0 Å². The van der Waals surface area contributed by atoms with E-state index in [1.807, 2.05) is 0 Å². The van der Waals surface area contributed by atoms with Gasteiger partial charge in [-0.15, -0.1) is 5.92 Å². The van der Waals surface area contributed by atoms with Gasteiger partial charge in [0.1, 0.15) is 0 Å². The Morgan fingerprint density at radius 2 is 1.87 bits per heavy atom. The van der Waals surface area contributed by atoms with E-state index in [0.717, 1.165) is 25.7 Å². The first-order valence-electron chi connectivity index (χ1n) is 5.88. The third-order valence-corrected chi connectivity index (χ3v) is 3.47. The molecule has 0 aliphatic heterocycles. The molecule has 15 heavy (non-hydrogen) atoms. The molecule has 0 spiro atoms. The van der Waals surface area contributed by atoms with E-state index >= 15 is 0 Å². The van der Waals surface area contributed by atoms with Crippen molar-refractivity contribution in [3.8, 4) is 11.8 Å². The Morgan fingerprint density at radius 3 is 2.33 bits per heavy atom. The summed E-state index contributed by atoms with van der Waals surface area (Å²) in [5.41, 5.74) is 5.56. The normalized spacial score (nSPS) is 19.9. The second-order valence-electron chi connectivity index (χ2n) is 4.43. The second-order valence-corrected chi connectivity index (χ2v) is 4.43. The van der Waals surface area contributed by atoms with Crippen molar-refractivity contribution in [1.29, 1.82) is 0 Å². The Kier molecular flexibility index (Phi) is 4.84. The van der Waals surface area contributed by atoms with E-state index in [-0.39, 0.29) is 11.2 Å². The van der Waals surface area contributed by atoms with Crippen LogP contribution in [0.5, 0.6) is 0 Å². The van der Waals surface area contributed by atoms with Crippen molar-refractivity contribution in [3.63, 3.8) is 0 Å². The van der Waals surface area contributed by atoms with Crippen LogP contribution in [-0.4, -0.2) is 12.3 Å². The van der Waals surface area contributed by atoms with Crippen LogP contribution in [0.25, 0.3) is 0 Å². The van der Waals surface area contributed by atoms with Crippen LogP contribution in [0.15, 0.2) is 0 Å². The first-order valence-corrected chi connectivity index (χ1v) is 5.88. The highest BCUT2D eigenvalue weighted by molar-refractivity contribution is 5.87. The quantitative estimate of drug-likeness (QED) is 0.570. The number of ketones is 1. The van der Waals surface area contributed by atoms with Crippen molar-refractivity contribution >= 4 is 5.78 Å². The van der Waals surface area contributed by atoms with Crippen molar-refractivity contribution in [2.45, 2.75) is 51.9 Å². The molecule has 1 fully saturated rings. The fourth-order valence-corrected chi connectivity index (χ4v) is 2.36. The smallest absolute Gasteiger partial charge is 0.152 e. The molecule has 0 aromatic rings. The van der Waals surface area contributed by atoms with Crippen LogP contribution < -0.4 is 5.73 Å². The maximum atomic E-state index is 12.1. The predicted octanol–water partition coefficient (Wildman–Crippen LogP) is 2.27. The van der Waals surface area contributed by atoms with Crippen molar-refractivity contribution in [1.82, 2.24) is 0 Å². The molecule has 1 aliphatic rings. The van der Waals surface area contributed by atoms with Gasteiger partial charge < -0.3 is 5.73 Å². The van der Waals surface area contributed by atoms with Crippen LogP contribution in [-0.2, 0) is 4.79 Å². The first kappa shape index (κ1) is 12.3. The molecule has 1 rings (SSSR count). The Labute approximate surface area is 92.6 Å². The van der Waals surface area contributed by atoms with Crippen LogP contribution in [0.1, 0.15) is 51.9 Å². The van der Waals surface area contributed by atoms with E-state index in [0.29, 0.717) is 13.0 Å². The maximum absolute atomic E-state index is 12.1. The largest absolute Gasteiger partial charge is 0.329 e. The molecule has 0 aromatic carbocycles. The average Bonchev–Trinajstić information content (AvgIpc) is 2.52. The maximum Gasteiger partial charge on any atom is 0.152 e. The van der Waals surface area contributed by atoms with Gasteiger partial charge in [0.15, 0.2) is 5.78 Å². The summed E-state index contributed by atoms with van der Waals surface area (Å²) in [6, 6.07) is 0. The van der Waals surface area contributed by atoms with Gasteiger partial charge in [0.05, 0.1) is 6.42 Å². The van der Waals surface area contributed by atoms with E-state index in [4.69, 9.17) is 5.73 Å². The Morgan fingerprint density at radius 1 is 1.27 bits per heavy atom. The predicted molar refractivity (Wildman–Crippen MR) is 62.3 cm³/mol. The topological polar surface area (TPSA) is 43.1 Å². The molecule has 2 N–H and O–H groups in total. The summed E-state index contributed by atoms with van der Waals surface area (Å²) in [6.45, 7) is 2.27. The third kappa shape index (κ3) is 3.07. The summed E-state index contributed by atoms with van der Waals surface area (Å²) in [4.78, 5) is 12.1. The highest BCUT2D eigenvalue weighted by atomic mass is 16.1. The van der Waals surface area contributed by atoms with Gasteiger partial charge in [-0.1, -0.05) is 31.6 Å². The number of carbonyl (C=O) groups excluding carboxylic acids is 1. The first-order chi connectivity index (χ1) is 7.25. The lowest BCUT2D eigenvalue weighted by atomic mass is 9.75. The minimum Gasteiger partial charge on any atom is -0.329 e. The lowest BCUT2D eigenvalue weighted by Gasteiger charge is -2.28. The number of nitrogens with two attached hydrogens (primary N) is 1. The van der Waals surface area contributed by atoms with Crippen molar-refractivity contribution < 1.29 is 4.79 Å². The summed E-state index contributed by atoms with van der Waals surface area (Å²) in [5.74, 6) is 5.92. The van der Waals surface area contributed by atoms with Crippen molar-refractivity contribution in [2.75, 3.05) is 6.54 Å². The van der Waals surface area contributed by atoms with E-state index in [9.17, 15) is 4.79 Å². The van der Waals surface area contributed by atoms with E-state index in [2.05, 4.69) is 11.8 Å². The van der Waals surface area contributed by atoms with Gasteiger partial charge in [-0.3, -0.25) is 4.79 Å². The molecular weight excluding hydrogens is 186 g/mol. The fourth-order valence-electron chi connectivity index (χ4n) is 2.36. The number of hydrogen-bond donors (Lipinski definition) is 1. The summed E-state index contributed by atoms with van der Waals surface area (Å²) in [7, 11) is 0. The molecular formula is C13H21NO. The minimum atomic E-state index is -0.250. The minimum absolute atomic E-state index is 0.250. The number of hydrogen-bond acceptors (Lipinski definition) is 2. The van der Waals surface area contributed by atoms with Gasteiger partial charge in [0.25, 0.3) is 0 Å². The lowest BCUT2D eigenvalue weighted by molar-refractivity contribution is -0.128. The average molecular weight is 207 g/mol. The summed E-state index contributed by atoms with van der Waals surface area (Å²) >= 11 is 0. The fraction of sp³-hybridized carbons (Fsp3) is 0.769. The molecule has 1 aliphatic carbocycles. The molecule has 0 saturated heterocycles. The molecule has 0 atom stereocenters. The van der Waals surface area contributed by atoms with E-state index in [1.54, 1.807) is 6.92 Å². The molecule has 84 valence electrons. The highest BCUT2D eigenvalue weighted by Gasteiger charge is 2.35. The van der Waals surface area contributed by atoms with Gasteiger partial charge in [-0.05, 0) is 19.8 Å². The number of rotatable bonds is 3. The lowest BCUT2D eigenvalue weighted by Crippen LogP contribution is -2.38. The molecule has 1 saturated carbocycles. The van der Waals surface area contributed by atoms with Crippen LogP contribution in [0.2, 0.25) is 0 Å². The van der Waals surface area contributed by atoms with Gasteiger partial charge in [0.2, 0.25) is 0 Å². The van der Waals surface area contributed by atoms with Crippen molar-refractivity contribution in [3.05, 3.63) is 0 Å². The van der Waals surface area contributed by atoms with Crippen LogP contribution in [0, 0.1) is 17.3 Å². The standard InChI is InChI=1S/C13H21NO/c1-2-3-8-12(15)13(11-14)9-6-4-5-7-10-13/h4-11,14H2,1H3. The molecule has 0 aromatic heterocycles. The van der Waals surface area contributed by atoms with Crippen LogP contribution in [0.4, 0.5) is 0 Å². The van der Waals surface area contributed by atoms with Crippen molar-refractivity contribution in [2.24, 2.45) is 11.1 Å². The zero-order valence-electron chi connectivity index (χ0n) is 9.64. The van der Waals surface area contributed by atoms with Crippen LogP contribution in [0.3, 0.4) is 0 Å². The highest BCUT2D eigenvalue weighted by Crippen LogP contribution is 2.35. The molecule has 0 unspecified atom stereocenters. The molecule has 0 heterocycles. The third-order valence-electron chi connectivity index (χ3n) is 3.47. The van der Waals surface area contributed by atoms with Gasteiger partial charge in [-0.2, -0.15) is 0 Å². The number of Topliss-reactive ketones (excluding diaryl/α,β-unsaturated/α-hetero) is 1. The molecule has 2 nitrogen and oxygen atoms in total. The van der Waals surface area contributed by atoms with E-state index < -0.39 is 0 Å². The molecule has 0 radical (unpaired) electrons. The van der Waals surface area contributed by atoms with Crippen LogP contribution >= 0.6 is 0 Å². The summed E-state index contributed by atoms with van der Waals surface area (Å²) < 4.78 is 0. The summed E-state index contributed by atoms with van der Waals surface area (Å²) in [5, 5.41) is 0. The molecule has 0 bridgehead atoms. The Balaban J connectivity index is 2.70. The van der Waals surface area contributed by atoms with E-state index in [1.165, 1.54) is 12.8 Å². The second kappa shape index (κ2) is 5.92. The molecule has 0 amide bonds. The Hall–Kier alpha value is -0.810. The molecule has 2 heteroatoms. The summed E-state index contributed by atoms with van der Waals surface area (Å²) in [6.07, 6.45) is 7.09. The zero-order valence-corrected chi connectivity index (χ0v) is 9.64. The SMILES string of the molecule is CC#CCC(=O)C1(CN)CCCCCC1. The monoisotopic (exact) mass is 207 g/mol. The van der Waals surface area contributed by atoms with Gasteiger partial charge in [0, 0.05) is 12.0 Å². The number of carbonyl (C=O) groups is 1.